The number of hydrogen-bond acceptors (Lipinski definition) is 6. The van der Waals surface area contributed by atoms with Gasteiger partial charge >= 0.3 is 6.03 Å². The number of amides is 2. The SMILES string of the molecule is O=C(NCc1ccc2nsnc2c1)N1CCC[C@@H](c2ccncn2)C1. The van der Waals surface area contributed by atoms with Crippen LogP contribution in [0, 0.1) is 0 Å². The lowest BCUT2D eigenvalue weighted by Gasteiger charge is -2.32. The van der Waals surface area contributed by atoms with Crippen LogP contribution in [0.5, 0.6) is 0 Å². The highest BCUT2D eigenvalue weighted by atomic mass is 32.1. The van der Waals surface area contributed by atoms with Gasteiger partial charge in [0.25, 0.3) is 0 Å². The Kier molecular flexibility index (Phi) is 4.51. The molecule has 7 nitrogen and oxygen atoms in total. The maximum atomic E-state index is 12.5. The minimum absolute atomic E-state index is 0.0322. The van der Waals surface area contributed by atoms with Gasteiger partial charge in [-0.15, -0.1) is 0 Å². The van der Waals surface area contributed by atoms with Gasteiger partial charge in [0.2, 0.25) is 0 Å². The van der Waals surface area contributed by atoms with Gasteiger partial charge in [-0.2, -0.15) is 8.75 Å². The molecule has 0 spiro atoms. The lowest BCUT2D eigenvalue weighted by Crippen LogP contribution is -2.44. The summed E-state index contributed by atoms with van der Waals surface area (Å²) in [5.41, 5.74) is 3.80. The van der Waals surface area contributed by atoms with E-state index in [2.05, 4.69) is 24.0 Å². The third-order valence-corrected chi connectivity index (χ3v) is 5.05. The minimum Gasteiger partial charge on any atom is -0.334 e. The number of nitrogens with zero attached hydrogens (tertiary/aromatic N) is 5. The van der Waals surface area contributed by atoms with Crippen molar-refractivity contribution in [3.8, 4) is 0 Å². The number of carbonyl (C=O) groups excluding carboxylic acids is 1. The van der Waals surface area contributed by atoms with Crippen molar-refractivity contribution in [1.29, 1.82) is 0 Å². The Morgan fingerprint density at radius 2 is 2.20 bits per heavy atom. The number of likely N-dealkylation sites (tertiary alicyclic amines) is 1. The first-order valence-corrected chi connectivity index (χ1v) is 9.02. The fourth-order valence-corrected chi connectivity index (χ4v) is 3.69. The van der Waals surface area contributed by atoms with Crippen LogP contribution in [0.25, 0.3) is 11.0 Å². The van der Waals surface area contributed by atoms with Gasteiger partial charge in [0, 0.05) is 37.4 Å². The van der Waals surface area contributed by atoms with Crippen molar-refractivity contribution in [1.82, 2.24) is 28.9 Å². The number of nitrogens with one attached hydrogen (secondary N) is 1. The number of aromatic nitrogens is 4. The minimum atomic E-state index is -0.0322. The summed E-state index contributed by atoms with van der Waals surface area (Å²) in [7, 11) is 0. The first-order chi connectivity index (χ1) is 12.3. The summed E-state index contributed by atoms with van der Waals surface area (Å²) in [5, 5.41) is 3.01. The normalized spacial score (nSPS) is 17.6. The highest BCUT2D eigenvalue weighted by Gasteiger charge is 2.25. The predicted octanol–water partition coefficient (Wildman–Crippen LogP) is 2.57. The molecule has 0 saturated carbocycles. The standard InChI is InChI=1S/C17H18N6OS/c24-17(19-9-12-3-4-15-16(8-12)22-25-21-15)23-7-1-2-13(10-23)14-5-6-18-11-20-14/h3-6,8,11,13H,1-2,7,9-10H2,(H,19,24)/t13-/m1/s1. The monoisotopic (exact) mass is 354 g/mol. The molecule has 1 aromatic carbocycles. The molecule has 3 heterocycles. The van der Waals surface area contributed by atoms with Crippen molar-refractivity contribution < 1.29 is 4.79 Å². The van der Waals surface area contributed by atoms with E-state index in [9.17, 15) is 4.79 Å². The van der Waals surface area contributed by atoms with Crippen molar-refractivity contribution in [2.75, 3.05) is 13.1 Å². The summed E-state index contributed by atoms with van der Waals surface area (Å²) in [6, 6.07) is 7.79. The van der Waals surface area contributed by atoms with Crippen LogP contribution in [-0.2, 0) is 6.54 Å². The summed E-state index contributed by atoms with van der Waals surface area (Å²) in [4.78, 5) is 22.7. The maximum Gasteiger partial charge on any atom is 0.317 e. The van der Waals surface area contributed by atoms with Crippen LogP contribution in [0.15, 0.2) is 36.8 Å². The van der Waals surface area contributed by atoms with Gasteiger partial charge in [0.1, 0.15) is 17.4 Å². The molecule has 0 radical (unpaired) electrons. The molecule has 4 rings (SSSR count). The average molecular weight is 354 g/mol. The Hall–Kier alpha value is -2.61. The zero-order chi connectivity index (χ0) is 17.1. The zero-order valence-corrected chi connectivity index (χ0v) is 14.4. The number of benzene rings is 1. The Morgan fingerprint density at radius 1 is 1.28 bits per heavy atom. The number of urea groups is 1. The van der Waals surface area contributed by atoms with Crippen LogP contribution >= 0.6 is 11.7 Å². The molecule has 3 aromatic rings. The first-order valence-electron chi connectivity index (χ1n) is 8.29. The predicted molar refractivity (Wildman–Crippen MR) is 95.2 cm³/mol. The van der Waals surface area contributed by atoms with Gasteiger partial charge in [0.05, 0.1) is 11.7 Å². The highest BCUT2D eigenvalue weighted by molar-refractivity contribution is 7.00. The van der Waals surface area contributed by atoms with E-state index in [0.29, 0.717) is 13.1 Å². The number of hydrogen-bond donors (Lipinski definition) is 1. The van der Waals surface area contributed by atoms with Crippen LogP contribution in [0.2, 0.25) is 0 Å². The van der Waals surface area contributed by atoms with Crippen molar-refractivity contribution >= 4 is 28.8 Å². The maximum absolute atomic E-state index is 12.5. The number of carbonyl (C=O) groups is 1. The van der Waals surface area contributed by atoms with Crippen LogP contribution in [0.3, 0.4) is 0 Å². The van der Waals surface area contributed by atoms with E-state index in [1.165, 1.54) is 11.7 Å². The molecule has 1 aliphatic heterocycles. The van der Waals surface area contributed by atoms with Gasteiger partial charge in [0.15, 0.2) is 0 Å². The van der Waals surface area contributed by atoms with Crippen molar-refractivity contribution in [2.45, 2.75) is 25.3 Å². The molecule has 1 atom stereocenters. The third-order valence-electron chi connectivity index (χ3n) is 4.49. The molecule has 0 bridgehead atoms. The van der Waals surface area contributed by atoms with Crippen LogP contribution in [0.1, 0.15) is 30.0 Å². The van der Waals surface area contributed by atoms with Crippen LogP contribution in [-0.4, -0.2) is 42.7 Å². The van der Waals surface area contributed by atoms with Gasteiger partial charge in [-0.1, -0.05) is 6.07 Å². The molecule has 0 unspecified atom stereocenters. The Morgan fingerprint density at radius 3 is 3.08 bits per heavy atom. The average Bonchev–Trinajstić information content (AvgIpc) is 3.15. The summed E-state index contributed by atoms with van der Waals surface area (Å²) >= 11 is 1.20. The molecule has 1 fully saturated rings. The van der Waals surface area contributed by atoms with Crippen LogP contribution < -0.4 is 5.32 Å². The fraction of sp³-hybridized carbons (Fsp3) is 0.353. The Balaban J connectivity index is 1.37. The molecular weight excluding hydrogens is 336 g/mol. The topological polar surface area (TPSA) is 83.9 Å². The van der Waals surface area contributed by atoms with Gasteiger partial charge < -0.3 is 10.2 Å². The van der Waals surface area contributed by atoms with Gasteiger partial charge in [-0.05, 0) is 36.6 Å². The molecule has 1 N–H and O–H groups in total. The second kappa shape index (κ2) is 7.10. The lowest BCUT2D eigenvalue weighted by molar-refractivity contribution is 0.178. The molecule has 0 aliphatic carbocycles. The van der Waals surface area contributed by atoms with Gasteiger partial charge in [-0.25, -0.2) is 14.8 Å². The highest BCUT2D eigenvalue weighted by Crippen LogP contribution is 2.25. The van der Waals surface area contributed by atoms with E-state index >= 15 is 0 Å². The van der Waals surface area contributed by atoms with E-state index in [1.54, 1.807) is 12.5 Å². The second-order valence-corrected chi connectivity index (χ2v) is 6.69. The third kappa shape index (κ3) is 3.58. The van der Waals surface area contributed by atoms with Gasteiger partial charge in [-0.3, -0.25) is 0 Å². The second-order valence-electron chi connectivity index (χ2n) is 6.17. The molecule has 25 heavy (non-hydrogen) atoms. The summed E-state index contributed by atoms with van der Waals surface area (Å²) in [5.74, 6) is 0.278. The Bertz CT molecular complexity index is 868. The van der Waals surface area contributed by atoms with E-state index < -0.39 is 0 Å². The van der Waals surface area contributed by atoms with E-state index in [1.807, 2.05) is 29.2 Å². The largest absolute Gasteiger partial charge is 0.334 e. The molecule has 2 aromatic heterocycles. The van der Waals surface area contributed by atoms with Crippen molar-refractivity contribution in [3.05, 3.63) is 48.0 Å². The fourth-order valence-electron chi connectivity index (χ4n) is 3.17. The lowest BCUT2D eigenvalue weighted by atomic mass is 9.95. The molecule has 8 heteroatoms. The molecule has 1 aliphatic rings. The quantitative estimate of drug-likeness (QED) is 0.781. The summed E-state index contributed by atoms with van der Waals surface area (Å²) < 4.78 is 8.43. The number of rotatable bonds is 3. The number of piperidine rings is 1. The van der Waals surface area contributed by atoms with Crippen molar-refractivity contribution in [2.24, 2.45) is 0 Å². The first kappa shape index (κ1) is 15.9. The smallest absolute Gasteiger partial charge is 0.317 e. The van der Waals surface area contributed by atoms with E-state index in [4.69, 9.17) is 0 Å². The van der Waals surface area contributed by atoms with E-state index in [0.717, 1.165) is 41.7 Å². The summed E-state index contributed by atoms with van der Waals surface area (Å²) in [6.07, 6.45) is 5.36. The summed E-state index contributed by atoms with van der Waals surface area (Å²) in [6.45, 7) is 1.96. The number of fused-ring (bicyclic) bond motifs is 1. The zero-order valence-electron chi connectivity index (χ0n) is 13.6. The molecule has 128 valence electrons. The molecular formula is C17H18N6OS. The molecule has 1 saturated heterocycles. The molecule has 2 amide bonds. The van der Waals surface area contributed by atoms with Crippen molar-refractivity contribution in [3.63, 3.8) is 0 Å². The van der Waals surface area contributed by atoms with Crippen LogP contribution in [0.4, 0.5) is 4.79 Å². The van der Waals surface area contributed by atoms with E-state index in [-0.39, 0.29) is 11.9 Å². The Labute approximate surface area is 149 Å².